The number of ether oxygens (including phenoxy) is 6. The normalized spacial score (nSPS) is 28.0. The minimum absolute atomic E-state index is 0. The minimum Gasteiger partial charge on any atom is -0.363 e. The third-order valence-electron chi connectivity index (χ3n) is 8.54. The van der Waals surface area contributed by atoms with E-state index >= 15 is 0 Å². The first kappa shape index (κ1) is 46.5. The van der Waals surface area contributed by atoms with Gasteiger partial charge in [-0.15, -0.1) is 3.89 Å². The number of halogens is 2. The van der Waals surface area contributed by atoms with Gasteiger partial charge < -0.3 is 28.4 Å². The summed E-state index contributed by atoms with van der Waals surface area (Å²) in [4.78, 5) is 0. The maximum absolute atomic E-state index is 12.8. The molecule has 0 radical (unpaired) electrons. The second kappa shape index (κ2) is 30.7. The molecule has 0 aromatic rings. The predicted octanol–water partition coefficient (Wildman–Crippen LogP) is 6.84. The van der Waals surface area contributed by atoms with Crippen molar-refractivity contribution in [3.63, 3.8) is 0 Å². The summed E-state index contributed by atoms with van der Waals surface area (Å²) in [5.74, 6) is 1.59. The van der Waals surface area contributed by atoms with Crippen molar-refractivity contribution >= 4 is 21.8 Å². The zero-order valence-corrected chi connectivity index (χ0v) is 28.9. The highest BCUT2D eigenvalue weighted by Crippen LogP contribution is 2.32. The van der Waals surface area contributed by atoms with Crippen molar-refractivity contribution in [3.05, 3.63) is 0 Å². The van der Waals surface area contributed by atoms with Gasteiger partial charge in [0.05, 0.1) is 6.61 Å². The molecule has 0 amide bonds. The lowest BCUT2D eigenvalue weighted by Gasteiger charge is -2.30. The molecule has 1 aliphatic heterocycles. The highest BCUT2D eigenvalue weighted by Gasteiger charge is 2.25. The van der Waals surface area contributed by atoms with Crippen molar-refractivity contribution in [2.75, 3.05) is 66.0 Å². The molecular formula is C31H62F2O10S2. The van der Waals surface area contributed by atoms with Crippen LogP contribution in [0.5, 0.6) is 0 Å². The molecule has 1 rings (SSSR count). The zero-order chi connectivity index (χ0) is 33.1. The van der Waals surface area contributed by atoms with Gasteiger partial charge in [-0.3, -0.25) is 0 Å². The molecule has 0 N–H and O–H groups in total. The van der Waals surface area contributed by atoms with E-state index in [0.717, 1.165) is 57.8 Å². The van der Waals surface area contributed by atoms with Crippen LogP contribution >= 0.6 is 0 Å². The first-order valence-electron chi connectivity index (χ1n) is 15.9. The Bertz CT molecular complexity index is 769. The van der Waals surface area contributed by atoms with Gasteiger partial charge >= 0.3 is 21.8 Å². The van der Waals surface area contributed by atoms with Crippen LogP contribution in [-0.2, 0) is 50.2 Å². The summed E-state index contributed by atoms with van der Waals surface area (Å²) < 4.78 is 96.4. The number of alkyl halides is 1. The lowest BCUT2D eigenvalue weighted by Crippen LogP contribution is -2.23. The van der Waals surface area contributed by atoms with Crippen LogP contribution in [0.4, 0.5) is 8.28 Å². The van der Waals surface area contributed by atoms with Crippen LogP contribution in [0, 0.1) is 35.5 Å². The van der Waals surface area contributed by atoms with Gasteiger partial charge in [0, 0.05) is 33.0 Å². The van der Waals surface area contributed by atoms with Crippen molar-refractivity contribution < 1.29 is 53.5 Å². The smallest absolute Gasteiger partial charge is 0.335 e. The van der Waals surface area contributed by atoms with Crippen molar-refractivity contribution in [2.45, 2.75) is 99.3 Å². The highest BCUT2D eigenvalue weighted by molar-refractivity contribution is 7.86. The predicted molar refractivity (Wildman–Crippen MR) is 172 cm³/mol. The lowest BCUT2D eigenvalue weighted by molar-refractivity contribution is -0.0594. The second-order valence-electron chi connectivity index (χ2n) is 11.9. The van der Waals surface area contributed by atoms with E-state index in [1.54, 1.807) is 0 Å². The SMILES string of the molecule is C.CC1CCCOCOCCCC(C)C(CCOCS(=O)(=O)F)C(C)CCCOCOCCCC(C)C1CCOCF.O=S=O. The summed E-state index contributed by atoms with van der Waals surface area (Å²) in [7, 11) is -4.63. The fourth-order valence-electron chi connectivity index (χ4n) is 6.15. The van der Waals surface area contributed by atoms with Crippen LogP contribution in [0.15, 0.2) is 0 Å². The topological polar surface area (TPSA) is 124 Å². The molecule has 1 aliphatic rings. The third-order valence-corrected chi connectivity index (χ3v) is 8.99. The van der Waals surface area contributed by atoms with Gasteiger partial charge in [0.25, 0.3) is 0 Å². The second-order valence-corrected chi connectivity index (χ2v) is 13.4. The molecule has 0 bridgehead atoms. The van der Waals surface area contributed by atoms with Crippen LogP contribution in [0.25, 0.3) is 0 Å². The maximum atomic E-state index is 12.8. The first-order valence-corrected chi connectivity index (χ1v) is 18.2. The van der Waals surface area contributed by atoms with E-state index in [2.05, 4.69) is 27.7 Å². The molecule has 45 heavy (non-hydrogen) atoms. The van der Waals surface area contributed by atoms with Gasteiger partial charge in [-0.25, -0.2) is 4.39 Å². The molecule has 0 aromatic heterocycles. The van der Waals surface area contributed by atoms with Crippen LogP contribution < -0.4 is 0 Å². The van der Waals surface area contributed by atoms with E-state index in [1.165, 1.54) is 0 Å². The first-order chi connectivity index (χ1) is 21.1. The van der Waals surface area contributed by atoms with Crippen molar-refractivity contribution in [1.82, 2.24) is 0 Å². The fraction of sp³-hybridized carbons (Fsp3) is 1.00. The van der Waals surface area contributed by atoms with Crippen molar-refractivity contribution in [2.24, 2.45) is 35.5 Å². The molecule has 0 saturated carbocycles. The minimum atomic E-state index is -4.63. The fourth-order valence-corrected chi connectivity index (χ4v) is 6.47. The largest absolute Gasteiger partial charge is 0.363 e. The van der Waals surface area contributed by atoms with Gasteiger partial charge in [-0.05, 0) is 99.7 Å². The monoisotopic (exact) mass is 696 g/mol. The summed E-state index contributed by atoms with van der Waals surface area (Å²) in [6.45, 7) is 11.9. The van der Waals surface area contributed by atoms with E-state index in [0.29, 0.717) is 75.0 Å². The molecule has 0 aliphatic carbocycles. The number of hydrogen-bond acceptors (Lipinski definition) is 10. The van der Waals surface area contributed by atoms with Gasteiger partial charge in [-0.1, -0.05) is 35.1 Å². The highest BCUT2D eigenvalue weighted by atomic mass is 32.3. The Morgan fingerprint density at radius 1 is 0.667 bits per heavy atom. The summed E-state index contributed by atoms with van der Waals surface area (Å²) in [6, 6.07) is 0. The van der Waals surface area contributed by atoms with Crippen LogP contribution in [0.3, 0.4) is 0 Å². The summed E-state index contributed by atoms with van der Waals surface area (Å²) >= 11 is -0.750. The number of hydrogen-bond donors (Lipinski definition) is 0. The summed E-state index contributed by atoms with van der Waals surface area (Å²) in [6.07, 6.45) is 9.20. The molecule has 1 heterocycles. The van der Waals surface area contributed by atoms with Gasteiger partial charge in [0.2, 0.25) is 0 Å². The molecule has 0 spiro atoms. The molecule has 4 unspecified atom stereocenters. The molecular weight excluding hydrogens is 634 g/mol. The Kier molecular flexibility index (Phi) is 31.7. The lowest BCUT2D eigenvalue weighted by atomic mass is 9.77. The van der Waals surface area contributed by atoms with E-state index < -0.39 is 34.6 Å². The van der Waals surface area contributed by atoms with Gasteiger partial charge in [-0.2, -0.15) is 16.8 Å². The van der Waals surface area contributed by atoms with E-state index in [1.807, 2.05) is 0 Å². The molecule has 0 aromatic carbocycles. The molecule has 1 saturated heterocycles. The Labute approximate surface area is 275 Å². The standard InChI is InChI=1S/C30H58F2O8S.CH4.O2S/c1-25-9-5-15-36-22-38-17-7-11-27(3)30(14-20-40-24-41(32,33)34)28(4)12-8-18-39-23-37-16-6-10-26(2)29(25)13-19-35-21-31;;1-3-2/h25-30H,5-24H2,1-4H3;1H4;. The third kappa shape index (κ3) is 27.1. The Morgan fingerprint density at radius 3 is 1.27 bits per heavy atom. The molecule has 4 atom stereocenters. The number of rotatable bonds is 9. The van der Waals surface area contributed by atoms with Crippen molar-refractivity contribution in [3.8, 4) is 0 Å². The van der Waals surface area contributed by atoms with Gasteiger partial charge in [0.15, 0.2) is 12.8 Å². The van der Waals surface area contributed by atoms with E-state index in [4.69, 9.17) is 36.8 Å². The average Bonchev–Trinajstić information content (AvgIpc) is 2.96. The van der Waals surface area contributed by atoms with E-state index in [-0.39, 0.29) is 27.6 Å². The maximum Gasteiger partial charge on any atom is 0.335 e. The van der Waals surface area contributed by atoms with Gasteiger partial charge in [0.1, 0.15) is 13.6 Å². The van der Waals surface area contributed by atoms with Crippen molar-refractivity contribution in [1.29, 1.82) is 0 Å². The summed E-state index contributed by atoms with van der Waals surface area (Å²) in [5.41, 5.74) is 0. The molecule has 1 fully saturated rings. The van der Waals surface area contributed by atoms with Crippen LogP contribution in [0.2, 0.25) is 0 Å². The van der Waals surface area contributed by atoms with Crippen LogP contribution in [0.1, 0.15) is 99.3 Å². The molecule has 272 valence electrons. The molecule has 14 heteroatoms. The quantitative estimate of drug-likeness (QED) is 0.187. The summed E-state index contributed by atoms with van der Waals surface area (Å²) in [5, 5.41) is 0. The van der Waals surface area contributed by atoms with Crippen LogP contribution in [-0.4, -0.2) is 82.9 Å². The Hall–Kier alpha value is -0.610. The van der Waals surface area contributed by atoms with E-state index in [9.17, 15) is 16.7 Å². The zero-order valence-electron chi connectivity index (χ0n) is 27.3. The Morgan fingerprint density at radius 2 is 0.978 bits per heavy atom. The molecule has 10 nitrogen and oxygen atoms in total. The average molecular weight is 697 g/mol. The Balaban J connectivity index is 0.